The van der Waals surface area contributed by atoms with Gasteiger partial charge in [-0.25, -0.2) is 4.79 Å². The second-order valence-corrected chi connectivity index (χ2v) is 6.16. The standard InChI is InChI=1S/C20H21N3O2/c21-13-17-3-1-2-4-19(17)16-7-5-15(6-8-16)14-22-20(25)23(11-12-24)18-9-10-18/h1-8,18,24H,9-12,14H2,(H,22,25). The SMILES string of the molecule is N#Cc1ccccc1-c1ccc(CNC(=O)N(CCO)C2CC2)cc1. The Morgan fingerprint density at radius 1 is 1.20 bits per heavy atom. The smallest absolute Gasteiger partial charge is 0.317 e. The molecule has 0 unspecified atom stereocenters. The highest BCUT2D eigenvalue weighted by atomic mass is 16.3. The number of aliphatic hydroxyl groups is 1. The Morgan fingerprint density at radius 3 is 2.56 bits per heavy atom. The summed E-state index contributed by atoms with van der Waals surface area (Å²) in [7, 11) is 0. The zero-order valence-electron chi connectivity index (χ0n) is 14.0. The van der Waals surface area contributed by atoms with E-state index in [9.17, 15) is 10.1 Å². The lowest BCUT2D eigenvalue weighted by Crippen LogP contribution is -2.42. The van der Waals surface area contributed by atoms with Gasteiger partial charge in [-0.05, 0) is 35.6 Å². The van der Waals surface area contributed by atoms with E-state index in [0.29, 0.717) is 18.7 Å². The number of rotatable bonds is 6. The van der Waals surface area contributed by atoms with Gasteiger partial charge in [-0.1, -0.05) is 42.5 Å². The first kappa shape index (κ1) is 17.0. The molecule has 128 valence electrons. The van der Waals surface area contributed by atoms with E-state index < -0.39 is 0 Å². The molecule has 25 heavy (non-hydrogen) atoms. The molecule has 1 saturated carbocycles. The predicted octanol–water partition coefficient (Wildman–Crippen LogP) is 2.89. The number of nitrogens with zero attached hydrogens (tertiary/aromatic N) is 2. The lowest BCUT2D eigenvalue weighted by molar-refractivity contribution is 0.173. The van der Waals surface area contributed by atoms with Gasteiger partial charge in [0.15, 0.2) is 0 Å². The molecule has 1 fully saturated rings. The van der Waals surface area contributed by atoms with Crippen molar-refractivity contribution >= 4 is 6.03 Å². The minimum Gasteiger partial charge on any atom is -0.395 e. The first-order valence-corrected chi connectivity index (χ1v) is 8.46. The fourth-order valence-corrected chi connectivity index (χ4v) is 2.86. The van der Waals surface area contributed by atoms with Gasteiger partial charge in [0, 0.05) is 19.1 Å². The molecule has 0 atom stereocenters. The van der Waals surface area contributed by atoms with Crippen LogP contribution in [0.1, 0.15) is 24.0 Å². The summed E-state index contributed by atoms with van der Waals surface area (Å²) in [5.74, 6) is 0. The summed E-state index contributed by atoms with van der Waals surface area (Å²) in [5, 5.41) is 21.2. The third kappa shape index (κ3) is 4.17. The molecule has 0 saturated heterocycles. The number of benzene rings is 2. The Hall–Kier alpha value is -2.84. The van der Waals surface area contributed by atoms with Crippen molar-refractivity contribution < 1.29 is 9.90 Å². The number of hydrogen-bond acceptors (Lipinski definition) is 3. The molecule has 3 rings (SSSR count). The Labute approximate surface area is 147 Å². The molecule has 0 radical (unpaired) electrons. The largest absolute Gasteiger partial charge is 0.395 e. The Bertz CT molecular complexity index is 776. The van der Waals surface area contributed by atoms with Crippen LogP contribution < -0.4 is 5.32 Å². The Morgan fingerprint density at radius 2 is 1.92 bits per heavy atom. The van der Waals surface area contributed by atoms with Crippen molar-refractivity contribution in [2.45, 2.75) is 25.4 Å². The van der Waals surface area contributed by atoms with Crippen LogP contribution >= 0.6 is 0 Å². The number of carbonyl (C=O) groups excluding carboxylic acids is 1. The van der Waals surface area contributed by atoms with Crippen molar-refractivity contribution in [3.05, 3.63) is 59.7 Å². The highest BCUT2D eigenvalue weighted by Crippen LogP contribution is 2.26. The molecule has 0 heterocycles. The van der Waals surface area contributed by atoms with Crippen LogP contribution in [0.5, 0.6) is 0 Å². The second-order valence-electron chi connectivity index (χ2n) is 6.16. The van der Waals surface area contributed by atoms with E-state index in [-0.39, 0.29) is 18.7 Å². The quantitative estimate of drug-likeness (QED) is 0.852. The van der Waals surface area contributed by atoms with Gasteiger partial charge in [0.1, 0.15) is 0 Å². The van der Waals surface area contributed by atoms with E-state index in [1.165, 1.54) is 0 Å². The molecular weight excluding hydrogens is 314 g/mol. The maximum atomic E-state index is 12.2. The lowest BCUT2D eigenvalue weighted by atomic mass is 9.99. The molecule has 0 aliphatic heterocycles. The normalized spacial score (nSPS) is 13.1. The van der Waals surface area contributed by atoms with Crippen LogP contribution in [0.3, 0.4) is 0 Å². The highest BCUT2D eigenvalue weighted by molar-refractivity contribution is 5.75. The average molecular weight is 335 g/mol. The zero-order valence-corrected chi connectivity index (χ0v) is 14.0. The maximum Gasteiger partial charge on any atom is 0.317 e. The van der Waals surface area contributed by atoms with E-state index in [4.69, 9.17) is 5.11 Å². The third-order valence-electron chi connectivity index (χ3n) is 4.35. The van der Waals surface area contributed by atoms with Gasteiger partial charge in [0.05, 0.1) is 18.2 Å². The third-order valence-corrected chi connectivity index (χ3v) is 4.35. The van der Waals surface area contributed by atoms with Gasteiger partial charge in [-0.15, -0.1) is 0 Å². The molecule has 1 aliphatic rings. The summed E-state index contributed by atoms with van der Waals surface area (Å²) < 4.78 is 0. The number of hydrogen-bond donors (Lipinski definition) is 2. The molecular formula is C20H21N3O2. The number of urea groups is 1. The zero-order chi connectivity index (χ0) is 17.6. The summed E-state index contributed by atoms with van der Waals surface area (Å²) in [6.07, 6.45) is 2.03. The first-order valence-electron chi connectivity index (χ1n) is 8.46. The van der Waals surface area contributed by atoms with Crippen molar-refractivity contribution in [2.75, 3.05) is 13.2 Å². The number of aliphatic hydroxyl groups excluding tert-OH is 1. The van der Waals surface area contributed by atoms with Crippen LogP contribution in [-0.4, -0.2) is 35.2 Å². The maximum absolute atomic E-state index is 12.2. The van der Waals surface area contributed by atoms with Crippen LogP contribution in [0.15, 0.2) is 48.5 Å². The fourth-order valence-electron chi connectivity index (χ4n) is 2.86. The van der Waals surface area contributed by atoms with Crippen LogP contribution in [0.4, 0.5) is 4.79 Å². The van der Waals surface area contributed by atoms with E-state index in [2.05, 4.69) is 11.4 Å². The van der Waals surface area contributed by atoms with Gasteiger partial charge >= 0.3 is 6.03 Å². The second kappa shape index (κ2) is 7.82. The van der Waals surface area contributed by atoms with E-state index >= 15 is 0 Å². The number of carbonyl (C=O) groups is 1. The Balaban J connectivity index is 1.63. The monoisotopic (exact) mass is 335 g/mol. The van der Waals surface area contributed by atoms with Crippen molar-refractivity contribution in [2.24, 2.45) is 0 Å². The van der Waals surface area contributed by atoms with Crippen molar-refractivity contribution in [1.29, 1.82) is 5.26 Å². The summed E-state index contributed by atoms with van der Waals surface area (Å²) in [6, 6.07) is 17.7. The number of amides is 2. The molecule has 5 nitrogen and oxygen atoms in total. The summed E-state index contributed by atoms with van der Waals surface area (Å²) in [5.41, 5.74) is 3.52. The summed E-state index contributed by atoms with van der Waals surface area (Å²) in [4.78, 5) is 13.9. The topological polar surface area (TPSA) is 76.4 Å². The van der Waals surface area contributed by atoms with Crippen LogP contribution in [0, 0.1) is 11.3 Å². The molecule has 2 aromatic carbocycles. The fraction of sp³-hybridized carbons (Fsp3) is 0.300. The minimum atomic E-state index is -0.129. The first-order chi connectivity index (χ1) is 12.2. The molecule has 5 heteroatoms. The number of nitrogens with one attached hydrogen (secondary N) is 1. The van der Waals surface area contributed by atoms with E-state index in [1.54, 1.807) is 11.0 Å². The molecule has 0 spiro atoms. The highest BCUT2D eigenvalue weighted by Gasteiger charge is 2.31. The van der Waals surface area contributed by atoms with Gasteiger partial charge in [-0.2, -0.15) is 5.26 Å². The van der Waals surface area contributed by atoms with Gasteiger partial charge in [-0.3, -0.25) is 0 Å². The van der Waals surface area contributed by atoms with Gasteiger partial charge in [0.2, 0.25) is 0 Å². The average Bonchev–Trinajstić information content (AvgIpc) is 3.49. The summed E-state index contributed by atoms with van der Waals surface area (Å²) in [6.45, 7) is 0.797. The molecule has 1 aliphatic carbocycles. The van der Waals surface area contributed by atoms with E-state index in [1.807, 2.05) is 42.5 Å². The Kier molecular flexibility index (Phi) is 5.32. The van der Waals surface area contributed by atoms with Gasteiger partial charge in [0.25, 0.3) is 0 Å². The predicted molar refractivity (Wildman–Crippen MR) is 95.6 cm³/mol. The molecule has 2 aromatic rings. The van der Waals surface area contributed by atoms with Gasteiger partial charge < -0.3 is 15.3 Å². The van der Waals surface area contributed by atoms with Crippen molar-refractivity contribution in [1.82, 2.24) is 10.2 Å². The van der Waals surface area contributed by atoms with Crippen LogP contribution in [0.25, 0.3) is 11.1 Å². The van der Waals surface area contributed by atoms with Crippen LogP contribution in [-0.2, 0) is 6.54 Å². The molecule has 0 bridgehead atoms. The molecule has 2 N–H and O–H groups in total. The van der Waals surface area contributed by atoms with Crippen molar-refractivity contribution in [3.63, 3.8) is 0 Å². The minimum absolute atomic E-state index is 0.0169. The molecule has 0 aromatic heterocycles. The van der Waals surface area contributed by atoms with E-state index in [0.717, 1.165) is 29.5 Å². The van der Waals surface area contributed by atoms with Crippen LogP contribution in [0.2, 0.25) is 0 Å². The summed E-state index contributed by atoms with van der Waals surface area (Å²) >= 11 is 0. The van der Waals surface area contributed by atoms with Crippen molar-refractivity contribution in [3.8, 4) is 17.2 Å². The molecule has 2 amide bonds. The lowest BCUT2D eigenvalue weighted by Gasteiger charge is -2.21. The number of nitriles is 1.